The van der Waals surface area contributed by atoms with Crippen LogP contribution in [0.3, 0.4) is 0 Å². The molecule has 2 aromatic heterocycles. The van der Waals surface area contributed by atoms with E-state index in [9.17, 15) is 0 Å². The van der Waals surface area contributed by atoms with Crippen LogP contribution in [0.2, 0.25) is 0 Å². The van der Waals surface area contributed by atoms with Crippen LogP contribution < -0.4 is 5.32 Å². The number of nitrogens with one attached hydrogen (secondary N) is 1. The second kappa shape index (κ2) is 7.18. The lowest BCUT2D eigenvalue weighted by atomic mass is 10.00. The Morgan fingerprint density at radius 2 is 2.14 bits per heavy atom. The second-order valence-corrected chi connectivity index (χ2v) is 5.54. The topological polar surface area (TPSA) is 42.7 Å². The Morgan fingerprint density at radius 1 is 1.33 bits per heavy atom. The van der Waals surface area contributed by atoms with Crippen molar-refractivity contribution >= 4 is 0 Å². The van der Waals surface area contributed by atoms with Crippen molar-refractivity contribution in [2.75, 3.05) is 0 Å². The first kappa shape index (κ1) is 15.4. The third-order valence-electron chi connectivity index (χ3n) is 3.90. The first-order chi connectivity index (χ1) is 10.1. The summed E-state index contributed by atoms with van der Waals surface area (Å²) in [6.07, 6.45) is 8.65. The molecule has 0 bridgehead atoms. The standard InChI is InChI=1S/C17H24N4/c1-5-6-13(2)14(3)19-11-16-7-8-17(20-12-16)21-10-9-18-15(21)4/h5,7-10,12-14,19H,1,6,11H2,2-4H3/t13-,14+/m0/s1. The van der Waals surface area contributed by atoms with Gasteiger partial charge in [-0.3, -0.25) is 4.57 Å². The average molecular weight is 284 g/mol. The van der Waals surface area contributed by atoms with Gasteiger partial charge >= 0.3 is 0 Å². The molecule has 0 aliphatic carbocycles. The van der Waals surface area contributed by atoms with Crippen LogP contribution >= 0.6 is 0 Å². The molecule has 1 N–H and O–H groups in total. The Balaban J connectivity index is 1.94. The Kier molecular flexibility index (Phi) is 5.28. The van der Waals surface area contributed by atoms with E-state index in [0.29, 0.717) is 12.0 Å². The van der Waals surface area contributed by atoms with Gasteiger partial charge in [0.1, 0.15) is 11.6 Å². The van der Waals surface area contributed by atoms with Gasteiger partial charge in [-0.05, 0) is 37.8 Å². The Labute approximate surface area is 126 Å². The monoisotopic (exact) mass is 284 g/mol. The van der Waals surface area contributed by atoms with E-state index < -0.39 is 0 Å². The van der Waals surface area contributed by atoms with Crippen molar-refractivity contribution in [3.05, 3.63) is 54.8 Å². The molecule has 2 aromatic rings. The number of imidazole rings is 1. The zero-order valence-electron chi connectivity index (χ0n) is 13.1. The maximum absolute atomic E-state index is 4.51. The molecule has 2 heterocycles. The van der Waals surface area contributed by atoms with Gasteiger partial charge in [0, 0.05) is 31.2 Å². The molecule has 0 saturated heterocycles. The van der Waals surface area contributed by atoms with Crippen molar-refractivity contribution in [1.82, 2.24) is 19.9 Å². The minimum Gasteiger partial charge on any atom is -0.310 e. The molecule has 0 saturated carbocycles. The zero-order chi connectivity index (χ0) is 15.2. The number of hydrogen-bond donors (Lipinski definition) is 1. The molecule has 0 aliphatic heterocycles. The van der Waals surface area contributed by atoms with Crippen molar-refractivity contribution in [3.8, 4) is 5.82 Å². The number of aromatic nitrogens is 3. The Hall–Kier alpha value is -1.94. The summed E-state index contributed by atoms with van der Waals surface area (Å²) in [5.74, 6) is 2.44. The van der Waals surface area contributed by atoms with Gasteiger partial charge in [-0.25, -0.2) is 9.97 Å². The largest absolute Gasteiger partial charge is 0.310 e. The van der Waals surface area contributed by atoms with E-state index in [1.165, 1.54) is 5.56 Å². The summed E-state index contributed by atoms with van der Waals surface area (Å²) in [5, 5.41) is 3.54. The quantitative estimate of drug-likeness (QED) is 0.794. The van der Waals surface area contributed by atoms with E-state index >= 15 is 0 Å². The molecule has 0 aromatic carbocycles. The lowest BCUT2D eigenvalue weighted by Gasteiger charge is -2.20. The van der Waals surface area contributed by atoms with E-state index in [0.717, 1.165) is 24.6 Å². The smallest absolute Gasteiger partial charge is 0.137 e. The minimum atomic E-state index is 0.457. The van der Waals surface area contributed by atoms with Crippen molar-refractivity contribution in [2.45, 2.75) is 39.8 Å². The highest BCUT2D eigenvalue weighted by molar-refractivity contribution is 5.27. The van der Waals surface area contributed by atoms with Gasteiger partial charge < -0.3 is 5.32 Å². The number of aryl methyl sites for hydroxylation is 1. The fourth-order valence-electron chi connectivity index (χ4n) is 2.23. The predicted octanol–water partition coefficient (Wildman–Crippen LogP) is 3.27. The molecule has 4 heteroatoms. The fraction of sp³-hybridized carbons (Fsp3) is 0.412. The van der Waals surface area contributed by atoms with Crippen molar-refractivity contribution in [2.24, 2.45) is 5.92 Å². The maximum Gasteiger partial charge on any atom is 0.137 e. The molecule has 2 rings (SSSR count). The van der Waals surface area contributed by atoms with Gasteiger partial charge in [0.2, 0.25) is 0 Å². The first-order valence-corrected chi connectivity index (χ1v) is 7.41. The second-order valence-electron chi connectivity index (χ2n) is 5.54. The highest BCUT2D eigenvalue weighted by Gasteiger charge is 2.10. The van der Waals surface area contributed by atoms with Gasteiger partial charge in [-0.2, -0.15) is 0 Å². The van der Waals surface area contributed by atoms with E-state index in [-0.39, 0.29) is 0 Å². The fourth-order valence-corrected chi connectivity index (χ4v) is 2.23. The van der Waals surface area contributed by atoms with Gasteiger partial charge in [-0.15, -0.1) is 6.58 Å². The maximum atomic E-state index is 4.51. The summed E-state index contributed by atoms with van der Waals surface area (Å²) in [4.78, 5) is 8.72. The third kappa shape index (κ3) is 4.02. The minimum absolute atomic E-state index is 0.457. The Bertz CT molecular complexity index is 571. The third-order valence-corrected chi connectivity index (χ3v) is 3.90. The summed E-state index contributed by atoms with van der Waals surface area (Å²) < 4.78 is 1.98. The average Bonchev–Trinajstić information content (AvgIpc) is 2.91. The lowest BCUT2D eigenvalue weighted by Crippen LogP contribution is -2.31. The molecule has 4 nitrogen and oxygen atoms in total. The molecule has 0 amide bonds. The van der Waals surface area contributed by atoms with Crippen molar-refractivity contribution < 1.29 is 0 Å². The molecule has 0 fully saturated rings. The molecule has 112 valence electrons. The molecule has 0 aliphatic rings. The summed E-state index contributed by atoms with van der Waals surface area (Å²) in [7, 11) is 0. The van der Waals surface area contributed by atoms with Crippen LogP contribution in [0.5, 0.6) is 0 Å². The van der Waals surface area contributed by atoms with Crippen LogP contribution in [0.4, 0.5) is 0 Å². The Morgan fingerprint density at radius 3 is 2.71 bits per heavy atom. The van der Waals surface area contributed by atoms with Gasteiger partial charge in [0.25, 0.3) is 0 Å². The zero-order valence-corrected chi connectivity index (χ0v) is 13.1. The van der Waals surface area contributed by atoms with Crippen LogP contribution in [0.25, 0.3) is 5.82 Å². The van der Waals surface area contributed by atoms with E-state index in [1.54, 1.807) is 6.20 Å². The number of pyridine rings is 1. The molecule has 2 atom stereocenters. The van der Waals surface area contributed by atoms with E-state index in [2.05, 4.69) is 41.8 Å². The molecular weight excluding hydrogens is 260 g/mol. The number of allylic oxidation sites excluding steroid dienone is 1. The summed E-state index contributed by atoms with van der Waals surface area (Å²) >= 11 is 0. The molecule has 0 radical (unpaired) electrons. The highest BCUT2D eigenvalue weighted by atomic mass is 15.1. The first-order valence-electron chi connectivity index (χ1n) is 7.41. The van der Waals surface area contributed by atoms with E-state index in [4.69, 9.17) is 0 Å². The van der Waals surface area contributed by atoms with Crippen LogP contribution in [-0.4, -0.2) is 20.6 Å². The van der Waals surface area contributed by atoms with Crippen LogP contribution in [0, 0.1) is 12.8 Å². The summed E-state index contributed by atoms with van der Waals surface area (Å²) in [5.41, 5.74) is 1.19. The van der Waals surface area contributed by atoms with Gasteiger partial charge in [0.15, 0.2) is 0 Å². The van der Waals surface area contributed by atoms with Gasteiger partial charge in [0.05, 0.1) is 0 Å². The number of hydrogen-bond acceptors (Lipinski definition) is 3. The molecular formula is C17H24N4. The molecule has 21 heavy (non-hydrogen) atoms. The SMILES string of the molecule is C=CC[C@H](C)[C@@H](C)NCc1ccc(-n2ccnc2C)nc1. The van der Waals surface area contributed by atoms with Crippen LogP contribution in [0.1, 0.15) is 31.7 Å². The number of rotatable bonds is 7. The molecule has 0 unspecified atom stereocenters. The normalized spacial score (nSPS) is 13.9. The summed E-state index contributed by atoms with van der Waals surface area (Å²) in [6.45, 7) is 11.1. The summed E-state index contributed by atoms with van der Waals surface area (Å²) in [6, 6.07) is 4.60. The van der Waals surface area contributed by atoms with Crippen LogP contribution in [0.15, 0.2) is 43.4 Å². The predicted molar refractivity (Wildman–Crippen MR) is 86.4 cm³/mol. The van der Waals surface area contributed by atoms with E-state index in [1.807, 2.05) is 36.0 Å². The van der Waals surface area contributed by atoms with Crippen LogP contribution in [-0.2, 0) is 6.54 Å². The van der Waals surface area contributed by atoms with Gasteiger partial charge in [-0.1, -0.05) is 19.1 Å². The molecule has 0 spiro atoms. The number of nitrogens with zero attached hydrogens (tertiary/aromatic N) is 3. The van der Waals surface area contributed by atoms with Crippen molar-refractivity contribution in [3.63, 3.8) is 0 Å². The lowest BCUT2D eigenvalue weighted by molar-refractivity contribution is 0.402. The van der Waals surface area contributed by atoms with Crippen molar-refractivity contribution in [1.29, 1.82) is 0 Å². The highest BCUT2D eigenvalue weighted by Crippen LogP contribution is 2.11.